The molecule has 1 saturated heterocycles. The summed E-state index contributed by atoms with van der Waals surface area (Å²) in [5.74, 6) is 0.173. The number of halogens is 1. The van der Waals surface area contributed by atoms with Crippen LogP contribution in [0.2, 0.25) is 0 Å². The summed E-state index contributed by atoms with van der Waals surface area (Å²) in [6.07, 6.45) is 22.1. The molecule has 0 aromatic carbocycles. The van der Waals surface area contributed by atoms with Crippen LogP contribution < -0.4 is 5.32 Å². The summed E-state index contributed by atoms with van der Waals surface area (Å²) in [6, 6.07) is 0.333. The van der Waals surface area contributed by atoms with Crippen LogP contribution in [0.4, 0.5) is 4.39 Å². The van der Waals surface area contributed by atoms with Gasteiger partial charge in [-0.3, -0.25) is 4.31 Å². The topological polar surface area (TPSA) is 49.4 Å². The zero-order valence-corrected chi connectivity index (χ0v) is 17.0. The fourth-order valence-electron chi connectivity index (χ4n) is 4.79. The Labute approximate surface area is 171 Å². The quantitative estimate of drug-likeness (QED) is 0.762. The molecular formula is C23H25FN2O2S. The third kappa shape index (κ3) is 3.33. The van der Waals surface area contributed by atoms with Gasteiger partial charge in [-0.25, -0.2) is 12.8 Å². The van der Waals surface area contributed by atoms with Crippen molar-refractivity contribution in [1.29, 1.82) is 0 Å². The molecule has 0 bridgehead atoms. The van der Waals surface area contributed by atoms with Crippen LogP contribution in [0, 0.1) is 11.8 Å². The second-order valence-electron chi connectivity index (χ2n) is 8.22. The highest BCUT2D eigenvalue weighted by molar-refractivity contribution is 7.90. The molecule has 0 radical (unpaired) electrons. The lowest BCUT2D eigenvalue weighted by molar-refractivity contribution is 0.432. The SMILES string of the molecule is O=S(=O)(C1C=CC(F)=CC1)N1CCCC2=CCC(C3=CC4C=CNC4C=C3)C=C21. The van der Waals surface area contributed by atoms with Crippen LogP contribution in [0.15, 0.2) is 83.6 Å². The van der Waals surface area contributed by atoms with Crippen molar-refractivity contribution in [3.05, 3.63) is 83.6 Å². The van der Waals surface area contributed by atoms with E-state index in [-0.39, 0.29) is 18.2 Å². The lowest BCUT2D eigenvalue weighted by Crippen LogP contribution is -2.41. The number of rotatable bonds is 3. The van der Waals surface area contributed by atoms with Crippen molar-refractivity contribution in [2.45, 2.75) is 37.0 Å². The van der Waals surface area contributed by atoms with E-state index in [1.54, 1.807) is 4.31 Å². The molecule has 0 spiro atoms. The number of nitrogens with one attached hydrogen (secondary N) is 1. The van der Waals surface area contributed by atoms with Crippen molar-refractivity contribution in [1.82, 2.24) is 9.62 Å². The summed E-state index contributed by atoms with van der Waals surface area (Å²) in [5.41, 5.74) is 3.19. The van der Waals surface area contributed by atoms with Crippen LogP contribution in [0.3, 0.4) is 0 Å². The summed E-state index contributed by atoms with van der Waals surface area (Å²) in [5, 5.41) is 2.63. The molecule has 152 valence electrons. The normalized spacial score (nSPS) is 33.2. The lowest BCUT2D eigenvalue weighted by Gasteiger charge is -2.38. The Kier molecular flexibility index (Phi) is 4.62. The summed E-state index contributed by atoms with van der Waals surface area (Å²) in [4.78, 5) is 0. The van der Waals surface area contributed by atoms with Gasteiger partial charge in [-0.15, -0.1) is 0 Å². The van der Waals surface area contributed by atoms with Crippen molar-refractivity contribution in [2.24, 2.45) is 11.8 Å². The fourth-order valence-corrected chi connectivity index (χ4v) is 6.57. The number of sulfonamides is 1. The van der Waals surface area contributed by atoms with E-state index in [0.29, 0.717) is 18.5 Å². The van der Waals surface area contributed by atoms with Gasteiger partial charge in [-0.1, -0.05) is 42.5 Å². The molecular weight excluding hydrogens is 387 g/mol. The molecule has 5 rings (SSSR count). The van der Waals surface area contributed by atoms with Crippen LogP contribution in [0.1, 0.15) is 25.7 Å². The van der Waals surface area contributed by atoms with Crippen molar-refractivity contribution in [3.8, 4) is 0 Å². The molecule has 4 atom stereocenters. The lowest BCUT2D eigenvalue weighted by atomic mass is 9.81. The maximum atomic E-state index is 13.3. The van der Waals surface area contributed by atoms with E-state index in [9.17, 15) is 12.8 Å². The van der Waals surface area contributed by atoms with Gasteiger partial charge < -0.3 is 5.32 Å². The molecule has 0 amide bonds. The average Bonchev–Trinajstić information content (AvgIpc) is 3.21. The Balaban J connectivity index is 1.44. The van der Waals surface area contributed by atoms with Crippen molar-refractivity contribution in [2.75, 3.05) is 6.54 Å². The molecule has 5 aliphatic rings. The number of hydrogen-bond donors (Lipinski definition) is 1. The number of nitrogens with zero attached hydrogens (tertiary/aromatic N) is 1. The standard InChI is InChI=1S/C23H25FN2O2S/c24-20-6-8-21(9-7-20)29(27,28)26-13-1-2-16-3-4-18(15-23(16)26)17-5-10-22-19(14-17)11-12-25-22/h3,5-8,10-12,14-15,18-19,21-22,25H,1-2,4,9,13H2. The van der Waals surface area contributed by atoms with Crippen LogP contribution in [0.5, 0.6) is 0 Å². The molecule has 29 heavy (non-hydrogen) atoms. The zero-order chi connectivity index (χ0) is 20.0. The van der Waals surface area contributed by atoms with E-state index in [4.69, 9.17) is 0 Å². The minimum absolute atomic E-state index is 0.176. The average molecular weight is 413 g/mol. The summed E-state index contributed by atoms with van der Waals surface area (Å²) >= 11 is 0. The molecule has 2 heterocycles. The van der Waals surface area contributed by atoms with Crippen LogP contribution in [0.25, 0.3) is 0 Å². The summed E-state index contributed by atoms with van der Waals surface area (Å²) in [7, 11) is -3.58. The highest BCUT2D eigenvalue weighted by Crippen LogP contribution is 2.39. The molecule has 0 aromatic heterocycles. The van der Waals surface area contributed by atoms with Crippen molar-refractivity contribution < 1.29 is 12.8 Å². The van der Waals surface area contributed by atoms with Crippen LogP contribution in [-0.4, -0.2) is 30.6 Å². The zero-order valence-electron chi connectivity index (χ0n) is 16.2. The molecule has 2 aliphatic heterocycles. The monoisotopic (exact) mass is 412 g/mol. The smallest absolute Gasteiger partial charge is 0.241 e. The first-order valence-electron chi connectivity index (χ1n) is 10.3. The number of hydrogen-bond acceptors (Lipinski definition) is 3. The number of allylic oxidation sites excluding steroid dienone is 8. The van der Waals surface area contributed by atoms with E-state index in [2.05, 4.69) is 41.8 Å². The van der Waals surface area contributed by atoms with Gasteiger partial charge in [-0.05, 0) is 55.2 Å². The van der Waals surface area contributed by atoms with E-state index >= 15 is 0 Å². The highest BCUT2D eigenvalue weighted by Gasteiger charge is 2.37. The first kappa shape index (κ1) is 18.7. The maximum Gasteiger partial charge on any atom is 0.241 e. The van der Waals surface area contributed by atoms with Crippen LogP contribution in [-0.2, 0) is 10.0 Å². The second-order valence-corrected chi connectivity index (χ2v) is 10.3. The largest absolute Gasteiger partial charge is 0.384 e. The van der Waals surface area contributed by atoms with Gasteiger partial charge >= 0.3 is 0 Å². The Morgan fingerprint density at radius 3 is 2.79 bits per heavy atom. The molecule has 4 unspecified atom stereocenters. The molecule has 3 aliphatic carbocycles. The van der Waals surface area contributed by atoms with E-state index in [0.717, 1.165) is 30.5 Å². The van der Waals surface area contributed by atoms with E-state index < -0.39 is 15.3 Å². The van der Waals surface area contributed by atoms with Crippen molar-refractivity contribution >= 4 is 10.0 Å². The minimum atomic E-state index is -3.58. The molecule has 0 saturated carbocycles. The Bertz CT molecular complexity index is 1030. The minimum Gasteiger partial charge on any atom is -0.384 e. The number of piperidine rings is 1. The van der Waals surface area contributed by atoms with Gasteiger partial charge in [0.15, 0.2) is 0 Å². The van der Waals surface area contributed by atoms with Crippen LogP contribution >= 0.6 is 0 Å². The Hall–Kier alpha value is -2.34. The Morgan fingerprint density at radius 2 is 1.97 bits per heavy atom. The predicted octanol–water partition coefficient (Wildman–Crippen LogP) is 4.02. The van der Waals surface area contributed by atoms with Gasteiger partial charge in [0.1, 0.15) is 11.1 Å². The third-order valence-electron chi connectivity index (χ3n) is 6.42. The number of fused-ring (bicyclic) bond motifs is 2. The summed E-state index contributed by atoms with van der Waals surface area (Å²) < 4.78 is 41.6. The van der Waals surface area contributed by atoms with Crippen molar-refractivity contribution in [3.63, 3.8) is 0 Å². The third-order valence-corrected chi connectivity index (χ3v) is 8.53. The maximum absolute atomic E-state index is 13.3. The predicted molar refractivity (Wildman–Crippen MR) is 113 cm³/mol. The molecule has 0 aromatic rings. The molecule has 1 fully saturated rings. The van der Waals surface area contributed by atoms with Gasteiger partial charge in [0.2, 0.25) is 10.0 Å². The van der Waals surface area contributed by atoms with Gasteiger partial charge in [-0.2, -0.15) is 0 Å². The molecule has 1 N–H and O–H groups in total. The summed E-state index contributed by atoms with van der Waals surface area (Å²) in [6.45, 7) is 0.487. The highest BCUT2D eigenvalue weighted by atomic mass is 32.2. The fraction of sp³-hybridized carbons (Fsp3) is 0.391. The van der Waals surface area contributed by atoms with E-state index in [1.165, 1.54) is 23.8 Å². The van der Waals surface area contributed by atoms with Gasteiger partial charge in [0, 0.05) is 18.4 Å². The first-order chi connectivity index (χ1) is 14.0. The van der Waals surface area contributed by atoms with Gasteiger partial charge in [0.05, 0.1) is 11.7 Å². The van der Waals surface area contributed by atoms with Gasteiger partial charge in [0.25, 0.3) is 0 Å². The molecule has 4 nitrogen and oxygen atoms in total. The molecule has 6 heteroatoms. The Morgan fingerprint density at radius 1 is 1.07 bits per heavy atom. The first-order valence-corrected chi connectivity index (χ1v) is 11.8. The second kappa shape index (κ2) is 7.17. The van der Waals surface area contributed by atoms with E-state index in [1.807, 2.05) is 6.20 Å².